The maximum Gasteiger partial charge on any atom is 0.277 e. The zero-order chi connectivity index (χ0) is 32.7. The fourth-order valence-corrected chi connectivity index (χ4v) is 5.53. The minimum atomic E-state index is -0.442. The summed E-state index contributed by atoms with van der Waals surface area (Å²) in [6, 6.07) is 3.47. The van der Waals surface area contributed by atoms with Crippen LogP contribution in [-0.2, 0) is 16.0 Å². The van der Waals surface area contributed by atoms with Gasteiger partial charge in [-0.1, -0.05) is 12.1 Å². The van der Waals surface area contributed by atoms with E-state index in [1.807, 2.05) is 37.9 Å². The van der Waals surface area contributed by atoms with Crippen LogP contribution < -0.4 is 16.8 Å². The van der Waals surface area contributed by atoms with E-state index in [2.05, 4.69) is 20.2 Å². The molecule has 0 saturated carbocycles. The van der Waals surface area contributed by atoms with Crippen molar-refractivity contribution >= 4 is 40.3 Å². The highest BCUT2D eigenvalue weighted by molar-refractivity contribution is 6.13. The predicted molar refractivity (Wildman–Crippen MR) is 176 cm³/mol. The highest BCUT2D eigenvalue weighted by Gasteiger charge is 2.29. The molecule has 4 rings (SSSR count). The van der Waals surface area contributed by atoms with E-state index in [4.69, 9.17) is 16.6 Å². The van der Waals surface area contributed by atoms with E-state index >= 15 is 0 Å². The van der Waals surface area contributed by atoms with Crippen LogP contribution in [0.1, 0.15) is 58.9 Å². The van der Waals surface area contributed by atoms with E-state index in [0.29, 0.717) is 42.9 Å². The van der Waals surface area contributed by atoms with Crippen molar-refractivity contribution in [3.05, 3.63) is 53.0 Å². The smallest absolute Gasteiger partial charge is 0.277 e. The van der Waals surface area contributed by atoms with Gasteiger partial charge in [0.1, 0.15) is 12.1 Å². The van der Waals surface area contributed by atoms with Gasteiger partial charge in [0.2, 0.25) is 11.8 Å². The van der Waals surface area contributed by atoms with Gasteiger partial charge in [0.25, 0.3) is 5.91 Å². The lowest BCUT2D eigenvalue weighted by Crippen LogP contribution is -2.40. The van der Waals surface area contributed by atoms with Gasteiger partial charge in [-0.05, 0) is 82.4 Å². The lowest BCUT2D eigenvalue weighted by Gasteiger charge is -2.32. The summed E-state index contributed by atoms with van der Waals surface area (Å²) in [4.78, 5) is 53.1. The molecule has 0 aliphatic carbocycles. The first kappa shape index (κ1) is 33.5. The van der Waals surface area contributed by atoms with E-state index in [9.17, 15) is 14.4 Å². The normalized spacial score (nSPS) is 15.3. The quantitative estimate of drug-likeness (QED) is 0.204. The summed E-state index contributed by atoms with van der Waals surface area (Å²) in [7, 11) is 5.48. The molecule has 1 aromatic carbocycles. The molecule has 1 fully saturated rings. The number of fused-ring (bicyclic) bond motifs is 1. The summed E-state index contributed by atoms with van der Waals surface area (Å²) in [6.07, 6.45) is 8.73. The zero-order valence-corrected chi connectivity index (χ0v) is 27.0. The molecule has 0 spiro atoms. The first-order valence-corrected chi connectivity index (χ1v) is 15.4. The fraction of sp³-hybridized carbons (Fsp3) is 0.500. The topological polar surface area (TPSA) is 169 Å². The van der Waals surface area contributed by atoms with Crippen molar-refractivity contribution in [2.24, 2.45) is 5.73 Å². The molecule has 3 aromatic rings. The number of nitrogen functional groups attached to an aromatic ring is 1. The molecule has 1 aliphatic heterocycles. The average molecular weight is 619 g/mol. The minimum absolute atomic E-state index is 0.00225. The Balaban J connectivity index is 1.52. The largest absolute Gasteiger partial charge is 0.383 e. The summed E-state index contributed by atoms with van der Waals surface area (Å²) in [5.41, 5.74) is 15.7. The van der Waals surface area contributed by atoms with Crippen molar-refractivity contribution in [1.82, 2.24) is 34.4 Å². The maximum absolute atomic E-state index is 13.7. The number of nitrogens with one attached hydrogen (secondary N) is 1. The van der Waals surface area contributed by atoms with Gasteiger partial charge in [-0.25, -0.2) is 14.6 Å². The minimum Gasteiger partial charge on any atom is -0.383 e. The summed E-state index contributed by atoms with van der Waals surface area (Å²) in [5.74, 6) is -0.339. The SMILES string of the molecule is Cc1c(CC(=O)N(C)C)ccc(NC(=O)c2nn([C@@H]3CCCN(C(=O)/C=C/CN(C)CCCCN)C3)c3ncnc(N)c23)c1C. The third-order valence-electron chi connectivity index (χ3n) is 8.45. The Kier molecular flexibility index (Phi) is 11.2. The summed E-state index contributed by atoms with van der Waals surface area (Å²) < 4.78 is 1.71. The third-order valence-corrected chi connectivity index (χ3v) is 8.45. The van der Waals surface area contributed by atoms with Crippen LogP contribution in [0.4, 0.5) is 11.5 Å². The molecule has 45 heavy (non-hydrogen) atoms. The number of carbonyl (C=O) groups excluding carboxylic acids is 3. The lowest BCUT2D eigenvalue weighted by atomic mass is 9.98. The van der Waals surface area contributed by atoms with Gasteiger partial charge in [0, 0.05) is 45.5 Å². The Hall–Kier alpha value is -4.36. The third kappa shape index (κ3) is 8.03. The van der Waals surface area contributed by atoms with Crippen molar-refractivity contribution in [1.29, 1.82) is 0 Å². The molecule has 0 bridgehead atoms. The maximum atomic E-state index is 13.7. The standard InChI is InChI=1S/C32H46N10O3/c1-21-22(2)25(13-12-23(21)18-27(44)39(3)4)37-32(45)29-28-30(34)35-20-36-31(28)42(38-29)24-10-8-17-41(19-24)26(43)11-9-16-40(5)15-7-6-14-33/h9,11-13,20,24H,6-8,10,14-19,33H2,1-5H3,(H,37,45)(H2,34,35,36)/b11-9+/t24-/m1/s1. The van der Waals surface area contributed by atoms with Gasteiger partial charge >= 0.3 is 0 Å². The number of nitrogens with two attached hydrogens (primary N) is 2. The number of carbonyl (C=O) groups is 3. The number of likely N-dealkylation sites (N-methyl/N-ethyl adjacent to an activating group) is 2. The highest BCUT2D eigenvalue weighted by atomic mass is 16.2. The number of likely N-dealkylation sites (tertiary alicyclic amines) is 1. The molecule has 3 amide bonds. The second-order valence-electron chi connectivity index (χ2n) is 11.9. The van der Waals surface area contributed by atoms with Crippen LogP contribution in [0.25, 0.3) is 11.0 Å². The van der Waals surface area contributed by atoms with Gasteiger partial charge < -0.3 is 31.5 Å². The Morgan fingerprint density at radius 2 is 1.89 bits per heavy atom. The highest BCUT2D eigenvalue weighted by Crippen LogP contribution is 2.30. The number of nitrogens with zero attached hydrogens (tertiary/aromatic N) is 7. The summed E-state index contributed by atoms with van der Waals surface area (Å²) in [6.45, 7) is 7.21. The van der Waals surface area contributed by atoms with Gasteiger partial charge in [0.05, 0.1) is 17.8 Å². The first-order valence-electron chi connectivity index (χ1n) is 15.4. The van der Waals surface area contributed by atoms with Crippen molar-refractivity contribution in [3.63, 3.8) is 0 Å². The molecule has 242 valence electrons. The van der Waals surface area contributed by atoms with Crippen LogP contribution in [0.15, 0.2) is 30.6 Å². The number of benzene rings is 1. The number of piperidine rings is 1. The first-order chi connectivity index (χ1) is 21.5. The molecule has 0 radical (unpaired) electrons. The van der Waals surface area contributed by atoms with Gasteiger partial charge in [-0.3, -0.25) is 14.4 Å². The molecule has 0 unspecified atom stereocenters. The molecule has 1 atom stereocenters. The average Bonchev–Trinajstić information content (AvgIpc) is 3.42. The summed E-state index contributed by atoms with van der Waals surface area (Å²) >= 11 is 0. The van der Waals surface area contributed by atoms with E-state index in [0.717, 1.165) is 48.9 Å². The Morgan fingerprint density at radius 3 is 2.62 bits per heavy atom. The van der Waals surface area contributed by atoms with Crippen molar-refractivity contribution < 1.29 is 14.4 Å². The fourth-order valence-electron chi connectivity index (χ4n) is 5.53. The van der Waals surface area contributed by atoms with E-state index < -0.39 is 5.91 Å². The number of anilines is 2. The lowest BCUT2D eigenvalue weighted by molar-refractivity contribution is -0.128. The van der Waals surface area contributed by atoms with E-state index in [1.165, 1.54) is 6.33 Å². The van der Waals surface area contributed by atoms with Gasteiger partial charge in [-0.15, -0.1) is 0 Å². The van der Waals surface area contributed by atoms with Crippen LogP contribution in [0, 0.1) is 13.8 Å². The van der Waals surface area contributed by atoms with Crippen LogP contribution in [-0.4, -0.2) is 106 Å². The van der Waals surface area contributed by atoms with E-state index in [1.54, 1.807) is 35.8 Å². The Morgan fingerprint density at radius 1 is 1.11 bits per heavy atom. The number of hydrogen-bond donors (Lipinski definition) is 3. The molecule has 2 aromatic heterocycles. The monoisotopic (exact) mass is 618 g/mol. The molecule has 1 saturated heterocycles. The summed E-state index contributed by atoms with van der Waals surface area (Å²) in [5, 5.41) is 8.06. The second-order valence-corrected chi connectivity index (χ2v) is 11.9. The number of amides is 3. The molecule has 13 nitrogen and oxygen atoms in total. The molecule has 3 heterocycles. The predicted octanol–water partition coefficient (Wildman–Crippen LogP) is 2.30. The molecular weight excluding hydrogens is 572 g/mol. The number of aromatic nitrogens is 4. The van der Waals surface area contributed by atoms with Crippen LogP contribution in [0.5, 0.6) is 0 Å². The van der Waals surface area contributed by atoms with Crippen LogP contribution in [0.2, 0.25) is 0 Å². The van der Waals surface area contributed by atoms with Gasteiger partial charge in [-0.2, -0.15) is 5.10 Å². The number of hydrogen-bond acceptors (Lipinski definition) is 9. The van der Waals surface area contributed by atoms with Crippen molar-refractivity contribution in [2.75, 3.05) is 64.9 Å². The molecule has 1 aliphatic rings. The van der Waals surface area contributed by atoms with E-state index in [-0.39, 0.29) is 35.8 Å². The Labute approximate surface area is 264 Å². The second kappa shape index (κ2) is 15.1. The van der Waals surface area contributed by atoms with Crippen molar-refractivity contribution in [3.8, 4) is 0 Å². The van der Waals surface area contributed by atoms with Crippen molar-refractivity contribution in [2.45, 2.75) is 52.0 Å². The zero-order valence-electron chi connectivity index (χ0n) is 27.0. The van der Waals surface area contributed by atoms with Crippen LogP contribution >= 0.6 is 0 Å². The number of unbranched alkanes of at least 4 members (excludes halogenated alkanes) is 1. The Bertz CT molecular complexity index is 1560. The van der Waals surface area contributed by atoms with Crippen LogP contribution in [0.3, 0.4) is 0 Å². The molecule has 5 N–H and O–H groups in total. The molecule has 13 heteroatoms. The molecular formula is C32H46N10O3. The number of rotatable bonds is 12. The van der Waals surface area contributed by atoms with Gasteiger partial charge in [0.15, 0.2) is 11.3 Å².